The highest BCUT2D eigenvalue weighted by Crippen LogP contribution is 2.23. The van der Waals surface area contributed by atoms with Crippen molar-refractivity contribution in [2.75, 3.05) is 0 Å². The zero-order valence-corrected chi connectivity index (χ0v) is 15.3. The number of ether oxygens (including phenoxy) is 2. The molecular formula is C21H23N3O3. The maximum absolute atomic E-state index is 12.3. The minimum Gasteiger partial charge on any atom is -0.481 e. The van der Waals surface area contributed by atoms with E-state index >= 15 is 0 Å². The molecule has 1 unspecified atom stereocenters. The van der Waals surface area contributed by atoms with Gasteiger partial charge in [0.05, 0.1) is 5.56 Å². The van der Waals surface area contributed by atoms with Crippen LogP contribution in [0.1, 0.15) is 38.2 Å². The maximum Gasteiger partial charge on any atom is 0.260 e. The molecule has 1 heterocycles. The Labute approximate surface area is 159 Å². The monoisotopic (exact) mass is 365 g/mol. The van der Waals surface area contributed by atoms with E-state index in [2.05, 4.69) is 10.3 Å². The lowest BCUT2D eigenvalue weighted by Crippen LogP contribution is -2.45. The molecule has 1 aromatic carbocycles. The normalized spacial score (nSPS) is 20.1. The van der Waals surface area contributed by atoms with E-state index in [4.69, 9.17) is 14.7 Å². The number of hydrogen-bond donors (Lipinski definition) is 1. The van der Waals surface area contributed by atoms with Crippen LogP contribution in [0, 0.1) is 11.3 Å². The quantitative estimate of drug-likeness (QED) is 0.850. The Morgan fingerprint density at radius 3 is 2.56 bits per heavy atom. The van der Waals surface area contributed by atoms with E-state index in [1.165, 1.54) is 6.20 Å². The first-order valence-electron chi connectivity index (χ1n) is 9.19. The summed E-state index contributed by atoms with van der Waals surface area (Å²) in [6.07, 6.45) is 4.45. The predicted molar refractivity (Wildman–Crippen MR) is 100 cm³/mol. The van der Waals surface area contributed by atoms with E-state index in [-0.39, 0.29) is 18.1 Å². The molecule has 1 N–H and O–H groups in total. The summed E-state index contributed by atoms with van der Waals surface area (Å²) in [5, 5.41) is 11.9. The molecule has 1 atom stereocenters. The fraction of sp³-hybridized carbons (Fsp3) is 0.381. The van der Waals surface area contributed by atoms with Gasteiger partial charge in [-0.2, -0.15) is 5.26 Å². The first kappa shape index (κ1) is 18.7. The molecule has 0 radical (unpaired) electrons. The number of rotatable bonds is 6. The second-order valence-corrected chi connectivity index (χ2v) is 6.67. The molecule has 3 rings (SSSR count). The summed E-state index contributed by atoms with van der Waals surface area (Å²) in [6.45, 7) is 1.76. The molecule has 1 saturated carbocycles. The van der Waals surface area contributed by atoms with Crippen molar-refractivity contribution in [3.8, 4) is 17.7 Å². The highest BCUT2D eigenvalue weighted by Gasteiger charge is 2.25. The lowest BCUT2D eigenvalue weighted by Gasteiger charge is -2.30. The Bertz CT molecular complexity index is 779. The second kappa shape index (κ2) is 9.04. The molecule has 27 heavy (non-hydrogen) atoms. The molecule has 6 nitrogen and oxygen atoms in total. The maximum atomic E-state index is 12.3. The van der Waals surface area contributed by atoms with Crippen LogP contribution in [0.25, 0.3) is 0 Å². The molecule has 1 aliphatic rings. The average molecular weight is 365 g/mol. The third kappa shape index (κ3) is 5.45. The van der Waals surface area contributed by atoms with Crippen molar-refractivity contribution in [3.05, 3.63) is 54.2 Å². The molecule has 0 saturated heterocycles. The van der Waals surface area contributed by atoms with Crippen molar-refractivity contribution in [2.24, 2.45) is 0 Å². The fourth-order valence-electron chi connectivity index (χ4n) is 3.09. The first-order valence-corrected chi connectivity index (χ1v) is 9.19. The molecular weight excluding hydrogens is 342 g/mol. The van der Waals surface area contributed by atoms with Gasteiger partial charge in [-0.05, 0) is 50.8 Å². The van der Waals surface area contributed by atoms with Gasteiger partial charge in [0.2, 0.25) is 5.88 Å². The van der Waals surface area contributed by atoms with Crippen molar-refractivity contribution in [2.45, 2.75) is 50.9 Å². The van der Waals surface area contributed by atoms with E-state index < -0.39 is 6.10 Å². The van der Waals surface area contributed by atoms with Crippen molar-refractivity contribution in [1.29, 1.82) is 5.26 Å². The van der Waals surface area contributed by atoms with Crippen LogP contribution in [0.2, 0.25) is 0 Å². The molecule has 1 fully saturated rings. The molecule has 1 amide bonds. The Morgan fingerprint density at radius 1 is 1.19 bits per heavy atom. The summed E-state index contributed by atoms with van der Waals surface area (Å²) in [6, 6.07) is 14.9. The largest absolute Gasteiger partial charge is 0.481 e. The van der Waals surface area contributed by atoms with Crippen LogP contribution in [-0.2, 0) is 4.79 Å². The Morgan fingerprint density at radius 2 is 1.93 bits per heavy atom. The van der Waals surface area contributed by atoms with Gasteiger partial charge in [-0.25, -0.2) is 4.98 Å². The number of carbonyl (C=O) groups excluding carboxylic acids is 1. The van der Waals surface area contributed by atoms with E-state index in [9.17, 15) is 4.79 Å². The molecule has 0 bridgehead atoms. The van der Waals surface area contributed by atoms with Crippen molar-refractivity contribution in [1.82, 2.24) is 10.3 Å². The number of benzene rings is 1. The number of nitriles is 1. The fourth-order valence-corrected chi connectivity index (χ4v) is 3.09. The summed E-state index contributed by atoms with van der Waals surface area (Å²) < 4.78 is 11.5. The number of carbonyl (C=O) groups is 1. The molecule has 2 aromatic rings. The average Bonchev–Trinajstić information content (AvgIpc) is 2.71. The number of pyridine rings is 1. The number of para-hydroxylation sites is 1. The third-order valence-electron chi connectivity index (χ3n) is 4.60. The van der Waals surface area contributed by atoms with Gasteiger partial charge in [-0.1, -0.05) is 18.2 Å². The summed E-state index contributed by atoms with van der Waals surface area (Å²) in [7, 11) is 0. The summed E-state index contributed by atoms with van der Waals surface area (Å²) in [4.78, 5) is 16.5. The van der Waals surface area contributed by atoms with Gasteiger partial charge in [0.15, 0.2) is 6.10 Å². The lowest BCUT2D eigenvalue weighted by molar-refractivity contribution is -0.128. The van der Waals surface area contributed by atoms with E-state index in [0.717, 1.165) is 25.7 Å². The zero-order valence-electron chi connectivity index (χ0n) is 15.3. The van der Waals surface area contributed by atoms with E-state index in [1.54, 1.807) is 19.1 Å². The topological polar surface area (TPSA) is 84.2 Å². The number of nitrogens with zero attached hydrogens (tertiary/aromatic N) is 2. The molecule has 6 heteroatoms. The molecule has 0 spiro atoms. The van der Waals surface area contributed by atoms with Crippen LogP contribution >= 0.6 is 0 Å². The Hall–Kier alpha value is -3.07. The van der Waals surface area contributed by atoms with Crippen molar-refractivity contribution in [3.63, 3.8) is 0 Å². The number of amides is 1. The lowest BCUT2D eigenvalue weighted by atomic mass is 9.93. The van der Waals surface area contributed by atoms with Gasteiger partial charge in [0.1, 0.15) is 17.9 Å². The summed E-state index contributed by atoms with van der Waals surface area (Å²) in [5.41, 5.74) is 0.514. The van der Waals surface area contributed by atoms with Gasteiger partial charge in [-0.3, -0.25) is 4.79 Å². The SMILES string of the molecule is CC(Oc1ccccc1)C(=O)NC1CCC(Oc2ccc(C#N)cn2)CC1. The molecule has 0 aliphatic heterocycles. The first-order chi connectivity index (χ1) is 13.1. The van der Waals surface area contributed by atoms with Gasteiger partial charge in [0.25, 0.3) is 5.91 Å². The summed E-state index contributed by atoms with van der Waals surface area (Å²) >= 11 is 0. The van der Waals surface area contributed by atoms with Crippen LogP contribution in [0.15, 0.2) is 48.7 Å². The van der Waals surface area contributed by atoms with Crippen LogP contribution < -0.4 is 14.8 Å². The molecule has 140 valence electrons. The van der Waals surface area contributed by atoms with E-state index in [1.807, 2.05) is 36.4 Å². The second-order valence-electron chi connectivity index (χ2n) is 6.67. The highest BCUT2D eigenvalue weighted by molar-refractivity contribution is 5.81. The third-order valence-corrected chi connectivity index (χ3v) is 4.60. The van der Waals surface area contributed by atoms with E-state index in [0.29, 0.717) is 17.2 Å². The number of aromatic nitrogens is 1. The van der Waals surface area contributed by atoms with Gasteiger partial charge in [-0.15, -0.1) is 0 Å². The number of nitrogens with one attached hydrogen (secondary N) is 1. The van der Waals surface area contributed by atoms with Crippen LogP contribution in [-0.4, -0.2) is 29.1 Å². The minimum atomic E-state index is -0.538. The van der Waals surface area contributed by atoms with Crippen LogP contribution in [0.5, 0.6) is 11.6 Å². The summed E-state index contributed by atoms with van der Waals surface area (Å²) in [5.74, 6) is 1.12. The standard InChI is InChI=1S/C21H23N3O3/c1-15(26-18-5-3-2-4-6-18)21(25)24-17-8-10-19(11-9-17)27-20-12-7-16(13-22)14-23-20/h2-7,12,14-15,17,19H,8-11H2,1H3,(H,24,25). The van der Waals surface area contributed by atoms with Gasteiger partial charge >= 0.3 is 0 Å². The zero-order chi connectivity index (χ0) is 19.1. The van der Waals surface area contributed by atoms with Gasteiger partial charge < -0.3 is 14.8 Å². The predicted octanol–water partition coefficient (Wildman–Crippen LogP) is 3.23. The van der Waals surface area contributed by atoms with Crippen molar-refractivity contribution >= 4 is 5.91 Å². The van der Waals surface area contributed by atoms with Crippen LogP contribution in [0.4, 0.5) is 0 Å². The highest BCUT2D eigenvalue weighted by atomic mass is 16.5. The molecule has 1 aliphatic carbocycles. The number of hydrogen-bond acceptors (Lipinski definition) is 5. The van der Waals surface area contributed by atoms with Crippen LogP contribution in [0.3, 0.4) is 0 Å². The minimum absolute atomic E-state index is 0.0802. The van der Waals surface area contributed by atoms with Crippen molar-refractivity contribution < 1.29 is 14.3 Å². The molecule has 1 aromatic heterocycles. The smallest absolute Gasteiger partial charge is 0.260 e. The Balaban J connectivity index is 1.42. The van der Waals surface area contributed by atoms with Gasteiger partial charge in [0, 0.05) is 18.3 Å². The Kier molecular flexibility index (Phi) is 6.26.